The normalized spacial score (nSPS) is 10.5. The molecule has 0 amide bonds. The van der Waals surface area contributed by atoms with Crippen molar-refractivity contribution in [3.05, 3.63) is 57.6 Å². The van der Waals surface area contributed by atoms with E-state index in [2.05, 4.69) is 73.1 Å². The second-order valence-electron chi connectivity index (χ2n) is 4.23. The molecule has 0 aliphatic carbocycles. The van der Waals surface area contributed by atoms with E-state index in [1.165, 1.54) is 27.8 Å². The minimum absolute atomic E-state index is 1.16. The predicted octanol–water partition coefficient (Wildman–Crippen LogP) is 5.04. The second kappa shape index (κ2) is 4.42. The number of benzene rings is 2. The number of rotatable bonds is 1. The molecule has 0 radical (unpaired) electrons. The van der Waals surface area contributed by atoms with Crippen LogP contribution < -0.4 is 0 Å². The van der Waals surface area contributed by atoms with Crippen LogP contribution in [-0.4, -0.2) is 0 Å². The Bertz CT molecular complexity index is 507. The van der Waals surface area contributed by atoms with E-state index in [1.54, 1.807) is 0 Å². The van der Waals surface area contributed by atoms with Crippen LogP contribution in [0.3, 0.4) is 0 Å². The van der Waals surface area contributed by atoms with Crippen LogP contribution in [0.25, 0.3) is 11.1 Å². The van der Waals surface area contributed by atoms with Crippen molar-refractivity contribution in [3.63, 3.8) is 0 Å². The standard InChI is InChI=1S/C15H15Br/c1-10-7-8-13(9-12(10)3)15-11(2)5-4-6-14(15)16/h4-9H,1-3H3. The first-order valence-corrected chi connectivity index (χ1v) is 6.21. The van der Waals surface area contributed by atoms with Crippen molar-refractivity contribution in [3.8, 4) is 11.1 Å². The van der Waals surface area contributed by atoms with Crippen LogP contribution in [0, 0.1) is 20.8 Å². The van der Waals surface area contributed by atoms with E-state index in [0.717, 1.165) is 4.47 Å². The first-order valence-electron chi connectivity index (χ1n) is 5.42. The second-order valence-corrected chi connectivity index (χ2v) is 5.09. The van der Waals surface area contributed by atoms with Crippen molar-refractivity contribution in [1.29, 1.82) is 0 Å². The van der Waals surface area contributed by atoms with E-state index in [0.29, 0.717) is 0 Å². The zero-order chi connectivity index (χ0) is 11.7. The molecule has 2 aromatic carbocycles. The average Bonchev–Trinajstić information content (AvgIpc) is 2.23. The van der Waals surface area contributed by atoms with Crippen molar-refractivity contribution in [2.75, 3.05) is 0 Å². The van der Waals surface area contributed by atoms with Gasteiger partial charge in [-0.15, -0.1) is 0 Å². The minimum atomic E-state index is 1.16. The van der Waals surface area contributed by atoms with Gasteiger partial charge < -0.3 is 0 Å². The molecule has 0 unspecified atom stereocenters. The van der Waals surface area contributed by atoms with Gasteiger partial charge in [0.1, 0.15) is 0 Å². The van der Waals surface area contributed by atoms with Crippen LogP contribution in [0.5, 0.6) is 0 Å². The monoisotopic (exact) mass is 274 g/mol. The van der Waals surface area contributed by atoms with E-state index in [9.17, 15) is 0 Å². The number of hydrogen-bond acceptors (Lipinski definition) is 0. The topological polar surface area (TPSA) is 0 Å². The molecule has 0 aromatic heterocycles. The zero-order valence-electron chi connectivity index (χ0n) is 9.84. The van der Waals surface area contributed by atoms with Gasteiger partial charge >= 0.3 is 0 Å². The van der Waals surface area contributed by atoms with Gasteiger partial charge in [0.25, 0.3) is 0 Å². The van der Waals surface area contributed by atoms with Gasteiger partial charge in [0.2, 0.25) is 0 Å². The Balaban J connectivity index is 2.63. The average molecular weight is 275 g/mol. The smallest absolute Gasteiger partial charge is 0.0256 e. The molecule has 2 aromatic rings. The summed E-state index contributed by atoms with van der Waals surface area (Å²) >= 11 is 3.63. The fourth-order valence-corrected chi connectivity index (χ4v) is 2.59. The van der Waals surface area contributed by atoms with Crippen molar-refractivity contribution in [2.24, 2.45) is 0 Å². The van der Waals surface area contributed by atoms with E-state index < -0.39 is 0 Å². The first kappa shape index (κ1) is 11.4. The maximum Gasteiger partial charge on any atom is 0.0256 e. The molecule has 0 aliphatic heterocycles. The Morgan fingerprint density at radius 2 is 1.56 bits per heavy atom. The molecule has 0 aliphatic rings. The zero-order valence-corrected chi connectivity index (χ0v) is 11.4. The van der Waals surface area contributed by atoms with E-state index in [-0.39, 0.29) is 0 Å². The van der Waals surface area contributed by atoms with Gasteiger partial charge in [0.15, 0.2) is 0 Å². The van der Waals surface area contributed by atoms with Crippen LogP contribution in [0.15, 0.2) is 40.9 Å². The Hall–Kier alpha value is -1.08. The maximum atomic E-state index is 3.63. The van der Waals surface area contributed by atoms with Crippen molar-refractivity contribution in [1.82, 2.24) is 0 Å². The van der Waals surface area contributed by atoms with Gasteiger partial charge in [-0.25, -0.2) is 0 Å². The fourth-order valence-electron chi connectivity index (χ4n) is 1.89. The number of hydrogen-bond donors (Lipinski definition) is 0. The number of halogens is 1. The lowest BCUT2D eigenvalue weighted by Gasteiger charge is -2.10. The number of aryl methyl sites for hydroxylation is 3. The highest BCUT2D eigenvalue weighted by molar-refractivity contribution is 9.10. The van der Waals surface area contributed by atoms with E-state index in [4.69, 9.17) is 0 Å². The molecule has 0 nitrogen and oxygen atoms in total. The van der Waals surface area contributed by atoms with Crippen LogP contribution in [-0.2, 0) is 0 Å². The highest BCUT2D eigenvalue weighted by Crippen LogP contribution is 2.32. The minimum Gasteiger partial charge on any atom is -0.0608 e. The molecular formula is C15H15Br. The Morgan fingerprint density at radius 3 is 2.19 bits per heavy atom. The molecule has 0 bridgehead atoms. The molecular weight excluding hydrogens is 260 g/mol. The van der Waals surface area contributed by atoms with Crippen LogP contribution in [0.1, 0.15) is 16.7 Å². The van der Waals surface area contributed by atoms with Gasteiger partial charge in [0, 0.05) is 4.47 Å². The summed E-state index contributed by atoms with van der Waals surface area (Å²) in [5.41, 5.74) is 6.57. The SMILES string of the molecule is Cc1ccc(-c2c(C)cccc2Br)cc1C. The summed E-state index contributed by atoms with van der Waals surface area (Å²) in [5.74, 6) is 0. The summed E-state index contributed by atoms with van der Waals surface area (Å²) < 4.78 is 1.16. The summed E-state index contributed by atoms with van der Waals surface area (Å²) in [6.45, 7) is 6.45. The molecule has 1 heteroatoms. The van der Waals surface area contributed by atoms with E-state index in [1.807, 2.05) is 0 Å². The molecule has 0 saturated heterocycles. The Labute approximate surface area is 105 Å². The molecule has 0 atom stereocenters. The molecule has 82 valence electrons. The molecule has 0 fully saturated rings. The summed E-state index contributed by atoms with van der Waals surface area (Å²) in [7, 11) is 0. The van der Waals surface area contributed by atoms with Gasteiger partial charge in [-0.3, -0.25) is 0 Å². The first-order chi connectivity index (χ1) is 7.59. The highest BCUT2D eigenvalue weighted by atomic mass is 79.9. The quantitative estimate of drug-likeness (QED) is 0.683. The van der Waals surface area contributed by atoms with Crippen LogP contribution >= 0.6 is 15.9 Å². The molecule has 0 heterocycles. The lowest BCUT2D eigenvalue weighted by Crippen LogP contribution is -1.87. The Kier molecular flexibility index (Phi) is 3.15. The lowest BCUT2D eigenvalue weighted by atomic mass is 9.97. The highest BCUT2D eigenvalue weighted by Gasteiger charge is 2.06. The van der Waals surface area contributed by atoms with Crippen molar-refractivity contribution in [2.45, 2.75) is 20.8 Å². The summed E-state index contributed by atoms with van der Waals surface area (Å²) in [5, 5.41) is 0. The van der Waals surface area contributed by atoms with Gasteiger partial charge in [-0.1, -0.05) is 46.3 Å². The van der Waals surface area contributed by atoms with E-state index >= 15 is 0 Å². The van der Waals surface area contributed by atoms with Crippen LogP contribution in [0.2, 0.25) is 0 Å². The molecule has 0 N–H and O–H groups in total. The summed E-state index contributed by atoms with van der Waals surface area (Å²) in [4.78, 5) is 0. The van der Waals surface area contributed by atoms with Gasteiger partial charge in [-0.05, 0) is 54.7 Å². The third kappa shape index (κ3) is 2.05. The molecule has 16 heavy (non-hydrogen) atoms. The summed E-state index contributed by atoms with van der Waals surface area (Å²) in [6, 6.07) is 12.9. The van der Waals surface area contributed by atoms with Gasteiger partial charge in [0.05, 0.1) is 0 Å². The maximum absolute atomic E-state index is 3.63. The third-order valence-electron chi connectivity index (χ3n) is 3.02. The Morgan fingerprint density at radius 1 is 0.812 bits per heavy atom. The van der Waals surface area contributed by atoms with Crippen molar-refractivity contribution >= 4 is 15.9 Å². The molecule has 0 saturated carbocycles. The van der Waals surface area contributed by atoms with Crippen molar-refractivity contribution < 1.29 is 0 Å². The largest absolute Gasteiger partial charge is 0.0608 e. The molecule has 2 rings (SSSR count). The van der Waals surface area contributed by atoms with Crippen LogP contribution in [0.4, 0.5) is 0 Å². The predicted molar refractivity (Wildman–Crippen MR) is 73.8 cm³/mol. The summed E-state index contributed by atoms with van der Waals surface area (Å²) in [6.07, 6.45) is 0. The third-order valence-corrected chi connectivity index (χ3v) is 3.68. The lowest BCUT2D eigenvalue weighted by molar-refractivity contribution is 1.33. The van der Waals surface area contributed by atoms with Gasteiger partial charge in [-0.2, -0.15) is 0 Å². The fraction of sp³-hybridized carbons (Fsp3) is 0.200. The molecule has 0 spiro atoms.